The number of halogens is 2. The molecule has 0 fully saturated rings. The number of non-ortho nitro benzene ring substituents is 1. The van der Waals surface area contributed by atoms with Crippen LogP contribution in [-0.4, -0.2) is 20.6 Å². The Balaban J connectivity index is 2.34. The second kappa shape index (κ2) is 5.94. The standard InChI is InChI=1S/C12H10Br2N4O3/c1-6-8(5-17(2)16-6)12(19)15-11-9(13)3-7(18(20)21)4-10(11)14/h3-5H,1-2H3,(H,15,19). The molecule has 0 radical (unpaired) electrons. The first-order valence-electron chi connectivity index (χ1n) is 5.74. The van der Waals surface area contributed by atoms with E-state index in [2.05, 4.69) is 42.3 Å². The summed E-state index contributed by atoms with van der Waals surface area (Å²) in [6, 6.07) is 2.66. The summed E-state index contributed by atoms with van der Waals surface area (Å²) in [5.41, 5.74) is 1.39. The van der Waals surface area contributed by atoms with Gasteiger partial charge in [-0.05, 0) is 38.8 Å². The average Bonchev–Trinajstić information content (AvgIpc) is 2.72. The van der Waals surface area contributed by atoms with Crippen molar-refractivity contribution in [2.75, 3.05) is 5.32 Å². The number of aromatic nitrogens is 2. The third kappa shape index (κ3) is 3.30. The van der Waals surface area contributed by atoms with Gasteiger partial charge in [-0.25, -0.2) is 0 Å². The molecule has 0 aliphatic carbocycles. The predicted octanol–water partition coefficient (Wildman–Crippen LogP) is 3.41. The molecule has 0 saturated heterocycles. The summed E-state index contributed by atoms with van der Waals surface area (Å²) in [5.74, 6) is -0.337. The summed E-state index contributed by atoms with van der Waals surface area (Å²) >= 11 is 6.44. The van der Waals surface area contributed by atoms with E-state index in [-0.39, 0.29) is 11.6 Å². The lowest BCUT2D eigenvalue weighted by Crippen LogP contribution is -2.13. The smallest absolute Gasteiger partial charge is 0.271 e. The zero-order valence-corrected chi connectivity index (χ0v) is 14.2. The number of carbonyl (C=O) groups is 1. The molecule has 1 aromatic carbocycles. The predicted molar refractivity (Wildman–Crippen MR) is 84.4 cm³/mol. The molecule has 0 atom stereocenters. The zero-order valence-electron chi connectivity index (χ0n) is 11.1. The molecule has 7 nitrogen and oxygen atoms in total. The van der Waals surface area contributed by atoms with Crippen LogP contribution in [0.2, 0.25) is 0 Å². The van der Waals surface area contributed by atoms with E-state index in [1.54, 1.807) is 24.9 Å². The van der Waals surface area contributed by atoms with E-state index >= 15 is 0 Å². The van der Waals surface area contributed by atoms with Gasteiger partial charge < -0.3 is 5.32 Å². The molecular weight excluding hydrogens is 408 g/mol. The van der Waals surface area contributed by atoms with E-state index in [9.17, 15) is 14.9 Å². The summed E-state index contributed by atoms with van der Waals surface area (Å²) in [4.78, 5) is 22.5. The number of aryl methyl sites for hydroxylation is 2. The monoisotopic (exact) mass is 416 g/mol. The first kappa shape index (κ1) is 15.6. The number of hydrogen-bond donors (Lipinski definition) is 1. The van der Waals surface area contributed by atoms with Gasteiger partial charge in [0.1, 0.15) is 0 Å². The van der Waals surface area contributed by atoms with Gasteiger partial charge >= 0.3 is 0 Å². The second-order valence-corrected chi connectivity index (χ2v) is 6.01. The largest absolute Gasteiger partial charge is 0.320 e. The number of amides is 1. The highest BCUT2D eigenvalue weighted by molar-refractivity contribution is 9.11. The van der Waals surface area contributed by atoms with Crippen molar-refractivity contribution < 1.29 is 9.72 Å². The van der Waals surface area contributed by atoms with Crippen LogP contribution in [0.15, 0.2) is 27.3 Å². The van der Waals surface area contributed by atoms with Crippen molar-refractivity contribution >= 4 is 49.1 Å². The number of nitrogens with one attached hydrogen (secondary N) is 1. The number of hydrogen-bond acceptors (Lipinski definition) is 4. The Bertz CT molecular complexity index is 719. The molecule has 1 heterocycles. The molecule has 21 heavy (non-hydrogen) atoms. The molecule has 0 saturated carbocycles. The fourth-order valence-electron chi connectivity index (χ4n) is 1.79. The summed E-state index contributed by atoms with van der Waals surface area (Å²) in [6.45, 7) is 1.73. The zero-order chi connectivity index (χ0) is 15.7. The van der Waals surface area contributed by atoms with Crippen molar-refractivity contribution in [2.45, 2.75) is 6.92 Å². The highest BCUT2D eigenvalue weighted by Gasteiger charge is 2.18. The van der Waals surface area contributed by atoms with Crippen molar-refractivity contribution in [3.8, 4) is 0 Å². The van der Waals surface area contributed by atoms with Gasteiger partial charge in [-0.15, -0.1) is 0 Å². The minimum Gasteiger partial charge on any atom is -0.320 e. The Labute approximate surface area is 136 Å². The van der Waals surface area contributed by atoms with Gasteiger partial charge in [0.25, 0.3) is 11.6 Å². The van der Waals surface area contributed by atoms with Crippen LogP contribution in [0.4, 0.5) is 11.4 Å². The molecule has 2 rings (SSSR count). The van der Waals surface area contributed by atoms with Crippen LogP contribution in [0.25, 0.3) is 0 Å². The SMILES string of the molecule is Cc1nn(C)cc1C(=O)Nc1c(Br)cc([N+](=O)[O-])cc1Br. The normalized spacial score (nSPS) is 10.5. The Morgan fingerprint density at radius 1 is 1.38 bits per heavy atom. The number of anilines is 1. The van der Waals surface area contributed by atoms with Crippen LogP contribution in [0.3, 0.4) is 0 Å². The molecule has 9 heteroatoms. The van der Waals surface area contributed by atoms with Gasteiger partial charge in [0.2, 0.25) is 0 Å². The maximum atomic E-state index is 12.2. The van der Waals surface area contributed by atoms with Gasteiger partial charge in [0.05, 0.1) is 21.9 Å². The van der Waals surface area contributed by atoms with E-state index in [4.69, 9.17) is 0 Å². The second-order valence-electron chi connectivity index (χ2n) is 4.30. The number of benzene rings is 1. The highest BCUT2D eigenvalue weighted by Crippen LogP contribution is 2.35. The number of nitrogens with zero attached hydrogens (tertiary/aromatic N) is 3. The Kier molecular flexibility index (Phi) is 4.43. The molecule has 0 aliphatic rings. The number of nitro benzene ring substituents is 1. The van der Waals surface area contributed by atoms with E-state index in [1.807, 2.05) is 0 Å². The molecule has 1 N–H and O–H groups in total. The molecule has 0 aliphatic heterocycles. The maximum absolute atomic E-state index is 12.2. The van der Waals surface area contributed by atoms with Crippen molar-refractivity contribution in [3.63, 3.8) is 0 Å². The molecule has 110 valence electrons. The number of nitro groups is 1. The molecule has 1 aromatic heterocycles. The Morgan fingerprint density at radius 3 is 2.38 bits per heavy atom. The van der Waals surface area contributed by atoms with Crippen molar-refractivity contribution in [1.29, 1.82) is 0 Å². The van der Waals surface area contributed by atoms with Crippen LogP contribution in [0.1, 0.15) is 16.1 Å². The van der Waals surface area contributed by atoms with Crippen LogP contribution < -0.4 is 5.32 Å². The minimum atomic E-state index is -0.508. The van der Waals surface area contributed by atoms with Crippen LogP contribution in [-0.2, 0) is 7.05 Å². The van der Waals surface area contributed by atoms with E-state index in [0.717, 1.165) is 0 Å². The molecule has 2 aromatic rings. The average molecular weight is 418 g/mol. The first-order valence-corrected chi connectivity index (χ1v) is 7.33. The topological polar surface area (TPSA) is 90.1 Å². The van der Waals surface area contributed by atoms with E-state index < -0.39 is 4.92 Å². The summed E-state index contributed by atoms with van der Waals surface area (Å²) in [6.07, 6.45) is 1.61. The minimum absolute atomic E-state index is 0.0793. The lowest BCUT2D eigenvalue weighted by Gasteiger charge is -2.09. The van der Waals surface area contributed by atoms with E-state index in [0.29, 0.717) is 25.9 Å². The molecule has 0 bridgehead atoms. The van der Waals surface area contributed by atoms with E-state index in [1.165, 1.54) is 12.1 Å². The number of rotatable bonds is 3. The van der Waals surface area contributed by atoms with Gasteiger partial charge in [0, 0.05) is 34.3 Å². The Morgan fingerprint density at radius 2 is 1.95 bits per heavy atom. The Hall–Kier alpha value is -1.74. The fourth-order valence-corrected chi connectivity index (χ4v) is 3.15. The quantitative estimate of drug-likeness (QED) is 0.611. The van der Waals surface area contributed by atoms with Crippen LogP contribution in [0, 0.1) is 17.0 Å². The summed E-state index contributed by atoms with van der Waals surface area (Å²) in [5, 5.41) is 17.6. The first-order chi connectivity index (χ1) is 9.79. The highest BCUT2D eigenvalue weighted by atomic mass is 79.9. The van der Waals surface area contributed by atoms with Gasteiger partial charge in [-0.1, -0.05) is 0 Å². The lowest BCUT2D eigenvalue weighted by atomic mass is 10.2. The van der Waals surface area contributed by atoms with Crippen molar-refractivity contribution in [3.05, 3.63) is 48.6 Å². The third-order valence-corrected chi connectivity index (χ3v) is 3.99. The molecule has 0 spiro atoms. The summed E-state index contributed by atoms with van der Waals surface area (Å²) < 4.78 is 2.38. The number of carbonyl (C=O) groups excluding carboxylic acids is 1. The van der Waals surface area contributed by atoms with Crippen LogP contribution in [0.5, 0.6) is 0 Å². The molecule has 0 unspecified atom stereocenters. The fraction of sp³-hybridized carbons (Fsp3) is 0.167. The molecular formula is C12H10Br2N4O3. The molecule has 1 amide bonds. The maximum Gasteiger partial charge on any atom is 0.271 e. The van der Waals surface area contributed by atoms with Crippen LogP contribution >= 0.6 is 31.9 Å². The van der Waals surface area contributed by atoms with Crippen molar-refractivity contribution in [1.82, 2.24) is 9.78 Å². The summed E-state index contributed by atoms with van der Waals surface area (Å²) in [7, 11) is 1.72. The van der Waals surface area contributed by atoms with Gasteiger partial charge in [0.15, 0.2) is 0 Å². The van der Waals surface area contributed by atoms with Crippen molar-refractivity contribution in [2.24, 2.45) is 7.05 Å². The lowest BCUT2D eigenvalue weighted by molar-refractivity contribution is -0.385. The third-order valence-electron chi connectivity index (χ3n) is 2.73. The van der Waals surface area contributed by atoms with Gasteiger partial charge in [-0.2, -0.15) is 5.10 Å². The van der Waals surface area contributed by atoms with Gasteiger partial charge in [-0.3, -0.25) is 19.6 Å².